The second-order valence-corrected chi connectivity index (χ2v) is 5.95. The third kappa shape index (κ3) is 5.05. The van der Waals surface area contributed by atoms with Crippen LogP contribution in [0.3, 0.4) is 0 Å². The van der Waals surface area contributed by atoms with Crippen LogP contribution >= 0.6 is 0 Å². The van der Waals surface area contributed by atoms with Crippen molar-refractivity contribution >= 4 is 5.82 Å². The minimum atomic E-state index is 0.233. The van der Waals surface area contributed by atoms with E-state index >= 15 is 0 Å². The Kier molecular flexibility index (Phi) is 5.60. The van der Waals surface area contributed by atoms with Gasteiger partial charge in [0.25, 0.3) is 0 Å². The Morgan fingerprint density at radius 1 is 1.44 bits per heavy atom. The average Bonchev–Trinajstić information content (AvgIpc) is 2.28. The second kappa shape index (κ2) is 6.74. The monoisotopic (exact) mass is 249 g/mol. The van der Waals surface area contributed by atoms with Crippen LogP contribution in [0.2, 0.25) is 0 Å². The Morgan fingerprint density at radius 3 is 2.78 bits per heavy atom. The molecule has 0 bridgehead atoms. The first-order chi connectivity index (χ1) is 8.44. The maximum Gasteiger partial charge on any atom is 0.126 e. The quantitative estimate of drug-likeness (QED) is 0.781. The molecule has 0 radical (unpaired) electrons. The smallest absolute Gasteiger partial charge is 0.126 e. The zero-order valence-electron chi connectivity index (χ0n) is 12.2. The van der Waals surface area contributed by atoms with Crippen molar-refractivity contribution in [3.05, 3.63) is 23.9 Å². The van der Waals surface area contributed by atoms with Gasteiger partial charge >= 0.3 is 0 Å². The molecule has 1 unspecified atom stereocenters. The van der Waals surface area contributed by atoms with E-state index in [0.29, 0.717) is 11.9 Å². The van der Waals surface area contributed by atoms with Crippen LogP contribution in [0.4, 0.5) is 5.82 Å². The molecule has 102 valence electrons. The molecule has 0 amide bonds. The minimum absolute atomic E-state index is 0.233. The van der Waals surface area contributed by atoms with Gasteiger partial charge in [0.2, 0.25) is 0 Å². The zero-order chi connectivity index (χ0) is 13.6. The molecule has 0 spiro atoms. The molecule has 1 aromatic rings. The summed E-state index contributed by atoms with van der Waals surface area (Å²) in [6.07, 6.45) is 5.05. The maximum atomic E-state index is 5.91. The molecular formula is C15H27N3. The third-order valence-corrected chi connectivity index (χ3v) is 3.20. The van der Waals surface area contributed by atoms with Crippen LogP contribution in [0.25, 0.3) is 0 Å². The second-order valence-electron chi connectivity index (χ2n) is 5.95. The average molecular weight is 249 g/mol. The summed E-state index contributed by atoms with van der Waals surface area (Å²) in [5, 5.41) is 3.54. The van der Waals surface area contributed by atoms with E-state index in [1.807, 2.05) is 6.07 Å². The first-order valence-corrected chi connectivity index (χ1v) is 6.87. The van der Waals surface area contributed by atoms with Gasteiger partial charge in [0.05, 0.1) is 0 Å². The molecule has 1 rings (SSSR count). The van der Waals surface area contributed by atoms with Crippen LogP contribution in [0, 0.1) is 5.41 Å². The summed E-state index contributed by atoms with van der Waals surface area (Å²) in [7, 11) is 0. The Labute approximate surface area is 111 Å². The fourth-order valence-corrected chi connectivity index (χ4v) is 2.48. The topological polar surface area (TPSA) is 50.9 Å². The van der Waals surface area contributed by atoms with Gasteiger partial charge < -0.3 is 11.1 Å². The zero-order valence-corrected chi connectivity index (χ0v) is 12.2. The number of pyridine rings is 1. The molecule has 0 saturated heterocycles. The van der Waals surface area contributed by atoms with Crippen LogP contribution in [-0.4, -0.2) is 17.6 Å². The first kappa shape index (κ1) is 15.0. The predicted molar refractivity (Wildman–Crippen MR) is 78.5 cm³/mol. The Balaban J connectivity index is 2.56. The highest BCUT2D eigenvalue weighted by Gasteiger charge is 2.22. The predicted octanol–water partition coefficient (Wildman–Crippen LogP) is 3.01. The molecule has 3 heteroatoms. The van der Waals surface area contributed by atoms with Gasteiger partial charge in [-0.2, -0.15) is 0 Å². The lowest BCUT2D eigenvalue weighted by molar-refractivity contribution is 0.287. The number of anilines is 1. The Hall–Kier alpha value is -1.09. The van der Waals surface area contributed by atoms with E-state index in [9.17, 15) is 0 Å². The van der Waals surface area contributed by atoms with E-state index in [1.54, 1.807) is 6.20 Å². The minimum Gasteiger partial charge on any atom is -0.383 e. The van der Waals surface area contributed by atoms with Gasteiger partial charge in [0, 0.05) is 12.2 Å². The molecule has 1 atom stereocenters. The number of nitrogens with one attached hydrogen (secondary N) is 1. The molecule has 3 N–H and O–H groups in total. The first-order valence-electron chi connectivity index (χ1n) is 6.87. The van der Waals surface area contributed by atoms with Crippen molar-refractivity contribution in [3.63, 3.8) is 0 Å². The van der Waals surface area contributed by atoms with Gasteiger partial charge in [-0.15, -0.1) is 0 Å². The standard InChI is InChI=1S/C15H27N3/c1-5-8-17-12(2)10-15(3,4)11-13-7-6-9-18-14(13)16/h6-7,9,12,17H,5,8,10-11H2,1-4H3,(H2,16,18). The number of rotatable bonds is 7. The third-order valence-electron chi connectivity index (χ3n) is 3.20. The van der Waals surface area contributed by atoms with Crippen LogP contribution < -0.4 is 11.1 Å². The van der Waals surface area contributed by atoms with E-state index in [1.165, 1.54) is 6.42 Å². The van der Waals surface area contributed by atoms with Gasteiger partial charge in [-0.1, -0.05) is 26.8 Å². The summed E-state index contributed by atoms with van der Waals surface area (Å²) in [5.74, 6) is 0.666. The lowest BCUT2D eigenvalue weighted by Crippen LogP contribution is -2.32. The van der Waals surface area contributed by atoms with Gasteiger partial charge in [-0.25, -0.2) is 4.98 Å². The summed E-state index contributed by atoms with van der Waals surface area (Å²) in [6.45, 7) is 10.1. The number of hydrogen-bond acceptors (Lipinski definition) is 3. The highest BCUT2D eigenvalue weighted by molar-refractivity contribution is 5.38. The highest BCUT2D eigenvalue weighted by atomic mass is 14.9. The summed E-state index contributed by atoms with van der Waals surface area (Å²) >= 11 is 0. The Bertz CT molecular complexity index is 361. The number of nitrogens with two attached hydrogens (primary N) is 1. The van der Waals surface area contributed by atoms with Crippen LogP contribution in [-0.2, 0) is 6.42 Å². The summed E-state index contributed by atoms with van der Waals surface area (Å²) in [6, 6.07) is 4.58. The molecule has 1 heterocycles. The van der Waals surface area contributed by atoms with Crippen LogP contribution in [0.5, 0.6) is 0 Å². The Morgan fingerprint density at radius 2 is 2.17 bits per heavy atom. The molecule has 18 heavy (non-hydrogen) atoms. The van der Waals surface area contributed by atoms with Crippen molar-refractivity contribution in [2.45, 2.75) is 53.0 Å². The fraction of sp³-hybridized carbons (Fsp3) is 0.667. The van der Waals surface area contributed by atoms with Gasteiger partial charge in [-0.05, 0) is 49.8 Å². The van der Waals surface area contributed by atoms with E-state index in [0.717, 1.165) is 24.9 Å². The molecular weight excluding hydrogens is 222 g/mol. The lowest BCUT2D eigenvalue weighted by Gasteiger charge is -2.29. The van der Waals surface area contributed by atoms with Gasteiger partial charge in [0.15, 0.2) is 0 Å². The molecule has 0 saturated carbocycles. The largest absolute Gasteiger partial charge is 0.383 e. The van der Waals surface area contributed by atoms with Crippen LogP contribution in [0.15, 0.2) is 18.3 Å². The van der Waals surface area contributed by atoms with Crippen molar-refractivity contribution < 1.29 is 0 Å². The van der Waals surface area contributed by atoms with E-state index < -0.39 is 0 Å². The highest BCUT2D eigenvalue weighted by Crippen LogP contribution is 2.29. The van der Waals surface area contributed by atoms with E-state index in [-0.39, 0.29) is 5.41 Å². The van der Waals surface area contributed by atoms with Crippen molar-refractivity contribution in [3.8, 4) is 0 Å². The number of nitrogens with zero attached hydrogens (tertiary/aromatic N) is 1. The molecule has 0 aromatic carbocycles. The SMILES string of the molecule is CCCNC(C)CC(C)(C)Cc1cccnc1N. The number of nitrogen functional groups attached to an aromatic ring is 1. The van der Waals surface area contributed by atoms with E-state index in [4.69, 9.17) is 5.73 Å². The van der Waals surface area contributed by atoms with Crippen molar-refractivity contribution in [1.82, 2.24) is 10.3 Å². The summed E-state index contributed by atoms with van der Waals surface area (Å²) in [5.41, 5.74) is 7.30. The molecule has 3 nitrogen and oxygen atoms in total. The maximum absolute atomic E-state index is 5.91. The van der Waals surface area contributed by atoms with Gasteiger partial charge in [0.1, 0.15) is 5.82 Å². The molecule has 0 aliphatic carbocycles. The number of hydrogen-bond donors (Lipinski definition) is 2. The lowest BCUT2D eigenvalue weighted by atomic mass is 9.80. The van der Waals surface area contributed by atoms with Crippen LogP contribution in [0.1, 0.15) is 46.1 Å². The fourth-order valence-electron chi connectivity index (χ4n) is 2.48. The molecule has 1 aromatic heterocycles. The molecule has 0 aliphatic rings. The van der Waals surface area contributed by atoms with Crippen molar-refractivity contribution in [2.75, 3.05) is 12.3 Å². The van der Waals surface area contributed by atoms with Crippen molar-refractivity contribution in [2.24, 2.45) is 5.41 Å². The number of aromatic nitrogens is 1. The molecule has 0 aliphatic heterocycles. The summed E-state index contributed by atoms with van der Waals surface area (Å²) < 4.78 is 0. The van der Waals surface area contributed by atoms with Gasteiger partial charge in [-0.3, -0.25) is 0 Å². The molecule has 0 fully saturated rings. The summed E-state index contributed by atoms with van der Waals surface area (Å²) in [4.78, 5) is 4.15. The van der Waals surface area contributed by atoms with Crippen molar-refractivity contribution in [1.29, 1.82) is 0 Å². The van der Waals surface area contributed by atoms with E-state index in [2.05, 4.69) is 44.1 Å². The normalized spacial score (nSPS) is 13.6.